The molecule has 17 heavy (non-hydrogen) atoms. The first-order chi connectivity index (χ1) is 8.21. The van der Waals surface area contributed by atoms with Crippen LogP contribution in [-0.2, 0) is 5.75 Å². The Kier molecular flexibility index (Phi) is 6.08. The molecule has 0 aliphatic carbocycles. The van der Waals surface area contributed by atoms with Gasteiger partial charge in [0.05, 0.1) is 12.6 Å². The molecule has 0 aromatic heterocycles. The van der Waals surface area contributed by atoms with Crippen LogP contribution in [0.3, 0.4) is 0 Å². The molecule has 0 spiro atoms. The summed E-state index contributed by atoms with van der Waals surface area (Å²) in [6.07, 6.45) is 2.78. The molecule has 0 unspecified atom stereocenters. The molecule has 1 aromatic rings. The topological polar surface area (TPSA) is 49.3 Å². The van der Waals surface area contributed by atoms with Crippen molar-refractivity contribution in [2.24, 2.45) is 0 Å². The van der Waals surface area contributed by atoms with Crippen molar-refractivity contribution < 1.29 is 9.90 Å². The van der Waals surface area contributed by atoms with Gasteiger partial charge in [0.1, 0.15) is 0 Å². The van der Waals surface area contributed by atoms with Gasteiger partial charge in [-0.3, -0.25) is 4.79 Å². The fraction of sp³-hybridized carbons (Fsp3) is 0.462. The van der Waals surface area contributed by atoms with E-state index in [0.717, 1.165) is 12.2 Å². The molecule has 4 heteroatoms. The Balaban J connectivity index is 2.63. The minimum atomic E-state index is -0.159. The number of aliphatic hydroxyl groups is 1. The highest BCUT2D eigenvalue weighted by molar-refractivity contribution is 7.97. The first-order valence-corrected chi connectivity index (χ1v) is 7.10. The highest BCUT2D eigenvalue weighted by Gasteiger charge is 2.10. The normalized spacial score (nSPS) is 12.2. The van der Waals surface area contributed by atoms with Gasteiger partial charge in [-0.2, -0.15) is 11.8 Å². The molecule has 0 saturated carbocycles. The summed E-state index contributed by atoms with van der Waals surface area (Å²) in [6, 6.07) is 7.42. The standard InChI is InChI=1S/C13H19NO2S/c1-3-12(8-15)14-13(16)11-6-4-10(5-7-11)9-17-2/h4-7,12,15H,3,8-9H2,1-2H3,(H,14,16)/t12-/m0/s1. The number of nitrogens with one attached hydrogen (secondary N) is 1. The summed E-state index contributed by atoms with van der Waals surface area (Å²) in [7, 11) is 0. The Labute approximate surface area is 107 Å². The van der Waals surface area contributed by atoms with E-state index in [1.165, 1.54) is 5.56 Å². The van der Waals surface area contributed by atoms with E-state index in [2.05, 4.69) is 5.32 Å². The van der Waals surface area contributed by atoms with E-state index in [-0.39, 0.29) is 18.6 Å². The van der Waals surface area contributed by atoms with Gasteiger partial charge in [0, 0.05) is 11.3 Å². The number of thioether (sulfide) groups is 1. The van der Waals surface area contributed by atoms with Crippen LogP contribution in [0.4, 0.5) is 0 Å². The third-order valence-corrected chi connectivity index (χ3v) is 3.20. The molecule has 0 fully saturated rings. The monoisotopic (exact) mass is 253 g/mol. The van der Waals surface area contributed by atoms with Crippen LogP contribution in [0, 0.1) is 0 Å². The Morgan fingerprint density at radius 1 is 1.41 bits per heavy atom. The number of amides is 1. The molecule has 2 N–H and O–H groups in total. The smallest absolute Gasteiger partial charge is 0.251 e. The number of aliphatic hydroxyl groups excluding tert-OH is 1. The summed E-state index contributed by atoms with van der Waals surface area (Å²) in [5, 5.41) is 11.8. The first kappa shape index (κ1) is 14.1. The fourth-order valence-corrected chi connectivity index (χ4v) is 1.99. The summed E-state index contributed by atoms with van der Waals surface area (Å²) in [6.45, 7) is 1.91. The highest BCUT2D eigenvalue weighted by atomic mass is 32.2. The third kappa shape index (κ3) is 4.40. The van der Waals surface area contributed by atoms with E-state index in [9.17, 15) is 4.79 Å². The lowest BCUT2D eigenvalue weighted by atomic mass is 10.1. The molecule has 3 nitrogen and oxygen atoms in total. The number of hydrogen-bond donors (Lipinski definition) is 2. The molecule has 0 saturated heterocycles. The predicted molar refractivity (Wildman–Crippen MR) is 72.3 cm³/mol. The summed E-state index contributed by atoms with van der Waals surface area (Å²) in [5.41, 5.74) is 1.85. The molecule has 0 aliphatic heterocycles. The van der Waals surface area contributed by atoms with Crippen LogP contribution in [0.5, 0.6) is 0 Å². The van der Waals surface area contributed by atoms with Crippen LogP contribution >= 0.6 is 11.8 Å². The molecule has 0 heterocycles. The SMILES string of the molecule is CC[C@@H](CO)NC(=O)c1ccc(CSC)cc1. The maximum atomic E-state index is 11.8. The predicted octanol–water partition coefficient (Wildman–Crippen LogP) is 2.05. The van der Waals surface area contributed by atoms with Gasteiger partial charge in [-0.15, -0.1) is 0 Å². The highest BCUT2D eigenvalue weighted by Crippen LogP contribution is 2.10. The number of hydrogen-bond acceptors (Lipinski definition) is 3. The van der Waals surface area contributed by atoms with Gasteiger partial charge in [0.2, 0.25) is 0 Å². The van der Waals surface area contributed by atoms with E-state index >= 15 is 0 Å². The Bertz CT molecular complexity index is 347. The molecule has 94 valence electrons. The van der Waals surface area contributed by atoms with Crippen LogP contribution in [0.2, 0.25) is 0 Å². The number of benzene rings is 1. The van der Waals surface area contributed by atoms with E-state index < -0.39 is 0 Å². The van der Waals surface area contributed by atoms with Crippen molar-refractivity contribution in [3.05, 3.63) is 35.4 Å². The number of rotatable bonds is 6. The van der Waals surface area contributed by atoms with E-state index in [4.69, 9.17) is 5.11 Å². The van der Waals surface area contributed by atoms with Gasteiger partial charge < -0.3 is 10.4 Å². The molecule has 1 aromatic carbocycles. The molecular formula is C13H19NO2S. The lowest BCUT2D eigenvalue weighted by molar-refractivity contribution is 0.0915. The molecular weight excluding hydrogens is 234 g/mol. The summed E-state index contributed by atoms with van der Waals surface area (Å²) < 4.78 is 0. The van der Waals surface area contributed by atoms with Crippen molar-refractivity contribution in [2.45, 2.75) is 25.1 Å². The molecule has 0 radical (unpaired) electrons. The van der Waals surface area contributed by atoms with Crippen molar-refractivity contribution in [1.29, 1.82) is 0 Å². The van der Waals surface area contributed by atoms with Crippen molar-refractivity contribution in [3.8, 4) is 0 Å². The summed E-state index contributed by atoms with van der Waals surface area (Å²) in [4.78, 5) is 11.8. The van der Waals surface area contributed by atoms with Gasteiger partial charge >= 0.3 is 0 Å². The van der Waals surface area contributed by atoms with E-state index in [1.807, 2.05) is 37.4 Å². The Morgan fingerprint density at radius 3 is 2.53 bits per heavy atom. The van der Waals surface area contributed by atoms with Crippen LogP contribution in [0.15, 0.2) is 24.3 Å². The minimum absolute atomic E-state index is 0.0210. The third-order valence-electron chi connectivity index (χ3n) is 2.58. The zero-order chi connectivity index (χ0) is 12.7. The van der Waals surface area contributed by atoms with Gasteiger partial charge in [-0.05, 0) is 30.4 Å². The second kappa shape index (κ2) is 7.35. The van der Waals surface area contributed by atoms with Crippen molar-refractivity contribution >= 4 is 17.7 Å². The minimum Gasteiger partial charge on any atom is -0.394 e. The van der Waals surface area contributed by atoms with Crippen molar-refractivity contribution in [1.82, 2.24) is 5.32 Å². The van der Waals surface area contributed by atoms with Crippen LogP contribution in [0.25, 0.3) is 0 Å². The molecule has 0 bridgehead atoms. The molecule has 0 aliphatic rings. The van der Waals surface area contributed by atoms with E-state index in [0.29, 0.717) is 5.56 Å². The second-order valence-corrected chi connectivity index (χ2v) is 4.76. The zero-order valence-electron chi connectivity index (χ0n) is 10.3. The largest absolute Gasteiger partial charge is 0.394 e. The summed E-state index contributed by atoms with van der Waals surface area (Å²) >= 11 is 1.75. The maximum Gasteiger partial charge on any atom is 0.251 e. The van der Waals surface area contributed by atoms with Gasteiger partial charge in [-0.1, -0.05) is 19.1 Å². The maximum absolute atomic E-state index is 11.8. The molecule has 1 atom stereocenters. The lowest BCUT2D eigenvalue weighted by Crippen LogP contribution is -2.36. The second-order valence-electron chi connectivity index (χ2n) is 3.89. The fourth-order valence-electron chi connectivity index (χ4n) is 1.46. The number of carbonyl (C=O) groups is 1. The van der Waals surface area contributed by atoms with E-state index in [1.54, 1.807) is 11.8 Å². The number of carbonyl (C=O) groups excluding carboxylic acids is 1. The van der Waals surface area contributed by atoms with Crippen LogP contribution < -0.4 is 5.32 Å². The average Bonchev–Trinajstić information content (AvgIpc) is 2.37. The molecule has 1 amide bonds. The average molecular weight is 253 g/mol. The van der Waals surface area contributed by atoms with Gasteiger partial charge in [0.25, 0.3) is 5.91 Å². The van der Waals surface area contributed by atoms with Gasteiger partial charge in [0.15, 0.2) is 0 Å². The van der Waals surface area contributed by atoms with Crippen LogP contribution in [-0.4, -0.2) is 29.9 Å². The van der Waals surface area contributed by atoms with Crippen molar-refractivity contribution in [3.63, 3.8) is 0 Å². The van der Waals surface area contributed by atoms with Gasteiger partial charge in [-0.25, -0.2) is 0 Å². The van der Waals surface area contributed by atoms with Crippen LogP contribution in [0.1, 0.15) is 29.3 Å². The summed E-state index contributed by atoms with van der Waals surface area (Å²) in [5.74, 6) is 0.831. The lowest BCUT2D eigenvalue weighted by Gasteiger charge is -2.14. The Hall–Kier alpha value is -1.00. The first-order valence-electron chi connectivity index (χ1n) is 5.70. The molecule has 1 rings (SSSR count). The quantitative estimate of drug-likeness (QED) is 0.816. The zero-order valence-corrected chi connectivity index (χ0v) is 11.1. The Morgan fingerprint density at radius 2 is 2.06 bits per heavy atom. The van der Waals surface area contributed by atoms with Crippen molar-refractivity contribution in [2.75, 3.05) is 12.9 Å².